The van der Waals surface area contributed by atoms with E-state index in [2.05, 4.69) is 65.7 Å². The van der Waals surface area contributed by atoms with Crippen LogP contribution in [-0.4, -0.2) is 54.0 Å². The van der Waals surface area contributed by atoms with Crippen molar-refractivity contribution in [2.45, 2.75) is 58.9 Å². The van der Waals surface area contributed by atoms with E-state index in [0.29, 0.717) is 18.4 Å². The van der Waals surface area contributed by atoms with Crippen molar-refractivity contribution in [3.05, 3.63) is 35.5 Å². The van der Waals surface area contributed by atoms with Crippen LogP contribution in [0.2, 0.25) is 0 Å². The predicted molar refractivity (Wildman–Crippen MR) is 136 cm³/mol. The molecule has 1 aliphatic rings. The van der Waals surface area contributed by atoms with Crippen molar-refractivity contribution in [2.24, 2.45) is 4.99 Å². The Morgan fingerprint density at radius 3 is 2.83 bits per heavy atom. The zero-order chi connectivity index (χ0) is 20.6. The van der Waals surface area contributed by atoms with Gasteiger partial charge in [-0.2, -0.15) is 0 Å². The number of aromatic nitrogens is 1. The molecule has 166 valence electrons. The Labute approximate surface area is 197 Å². The fourth-order valence-corrected chi connectivity index (χ4v) is 4.13. The van der Waals surface area contributed by atoms with E-state index in [1.165, 1.54) is 22.0 Å². The Bertz CT molecular complexity index is 847. The third kappa shape index (κ3) is 6.36. The third-order valence-corrected chi connectivity index (χ3v) is 5.71. The van der Waals surface area contributed by atoms with Crippen molar-refractivity contribution in [3.63, 3.8) is 0 Å². The number of nitrogens with zero attached hydrogens (tertiary/aromatic N) is 2. The Kier molecular flexibility index (Phi) is 9.94. The van der Waals surface area contributed by atoms with Crippen molar-refractivity contribution in [2.75, 3.05) is 26.2 Å². The number of aromatic amines is 1. The first-order chi connectivity index (χ1) is 14.1. The molecule has 7 heteroatoms. The quantitative estimate of drug-likeness (QED) is 0.264. The van der Waals surface area contributed by atoms with Gasteiger partial charge in [0, 0.05) is 55.7 Å². The number of rotatable bonds is 9. The molecule has 1 aromatic heterocycles. The minimum atomic E-state index is 0. The van der Waals surface area contributed by atoms with Crippen LogP contribution in [0.25, 0.3) is 10.9 Å². The lowest BCUT2D eigenvalue weighted by molar-refractivity contribution is -0.129. The fraction of sp³-hybridized carbons (Fsp3) is 0.565. The number of aliphatic imine (C=N–C) groups is 1. The summed E-state index contributed by atoms with van der Waals surface area (Å²) in [6.07, 6.45) is 6.65. The molecule has 1 unspecified atom stereocenters. The van der Waals surface area contributed by atoms with Gasteiger partial charge in [-0.25, -0.2) is 0 Å². The van der Waals surface area contributed by atoms with Gasteiger partial charge < -0.3 is 20.5 Å². The van der Waals surface area contributed by atoms with E-state index >= 15 is 0 Å². The number of guanidine groups is 1. The monoisotopic (exact) mass is 525 g/mol. The molecule has 30 heavy (non-hydrogen) atoms. The molecule has 1 saturated heterocycles. The molecule has 1 atom stereocenters. The summed E-state index contributed by atoms with van der Waals surface area (Å²) in [5.41, 5.74) is 3.79. The smallest absolute Gasteiger partial charge is 0.222 e. The van der Waals surface area contributed by atoms with Crippen LogP contribution < -0.4 is 10.6 Å². The highest BCUT2D eigenvalue weighted by atomic mass is 127. The highest BCUT2D eigenvalue weighted by Crippen LogP contribution is 2.20. The van der Waals surface area contributed by atoms with Gasteiger partial charge in [-0.05, 0) is 56.7 Å². The second kappa shape index (κ2) is 12.2. The molecule has 1 aliphatic heterocycles. The Balaban J connectivity index is 0.00000320. The molecule has 0 radical (unpaired) electrons. The molecule has 1 fully saturated rings. The first-order valence-corrected chi connectivity index (χ1v) is 11.0. The Hall–Kier alpha value is -1.77. The number of carbonyl (C=O) groups is 1. The molecule has 2 aromatic rings. The molecular weight excluding hydrogens is 489 g/mol. The van der Waals surface area contributed by atoms with Crippen molar-refractivity contribution in [1.29, 1.82) is 0 Å². The van der Waals surface area contributed by atoms with Gasteiger partial charge in [0.05, 0.1) is 0 Å². The number of carbonyl (C=O) groups excluding carboxylic acids is 1. The van der Waals surface area contributed by atoms with E-state index in [4.69, 9.17) is 4.99 Å². The molecule has 0 bridgehead atoms. The topological polar surface area (TPSA) is 72.5 Å². The lowest BCUT2D eigenvalue weighted by atomic mass is 10.1. The number of fused-ring (bicyclic) bond motifs is 1. The average Bonchev–Trinajstić information content (AvgIpc) is 3.31. The summed E-state index contributed by atoms with van der Waals surface area (Å²) in [6.45, 7) is 9.65. The van der Waals surface area contributed by atoms with Gasteiger partial charge in [0.25, 0.3) is 0 Å². The number of likely N-dealkylation sites (tertiary alicyclic amines) is 1. The molecule has 2 heterocycles. The SMILES string of the molecule is CCNC(=NCCC(CC)N1CCCC1=O)NCCc1c[nH]c2cc(C)ccc12.I. The molecule has 0 saturated carbocycles. The predicted octanol–water partition coefficient (Wildman–Crippen LogP) is 3.98. The first kappa shape index (κ1) is 24.5. The zero-order valence-corrected chi connectivity index (χ0v) is 20.8. The van der Waals surface area contributed by atoms with E-state index in [9.17, 15) is 4.79 Å². The number of amides is 1. The highest BCUT2D eigenvalue weighted by Gasteiger charge is 2.26. The second-order valence-corrected chi connectivity index (χ2v) is 7.84. The van der Waals surface area contributed by atoms with E-state index in [1.54, 1.807) is 0 Å². The Morgan fingerprint density at radius 2 is 2.13 bits per heavy atom. The van der Waals surface area contributed by atoms with E-state index in [-0.39, 0.29) is 24.0 Å². The number of hydrogen-bond acceptors (Lipinski definition) is 2. The number of benzene rings is 1. The summed E-state index contributed by atoms with van der Waals surface area (Å²) in [5.74, 6) is 1.16. The van der Waals surface area contributed by atoms with Gasteiger partial charge in [-0.1, -0.05) is 19.1 Å². The van der Waals surface area contributed by atoms with Gasteiger partial charge in [-0.15, -0.1) is 24.0 Å². The highest BCUT2D eigenvalue weighted by molar-refractivity contribution is 14.0. The number of H-pyrrole nitrogens is 1. The lowest BCUT2D eigenvalue weighted by Gasteiger charge is -2.26. The Morgan fingerprint density at radius 1 is 1.30 bits per heavy atom. The van der Waals surface area contributed by atoms with Crippen LogP contribution in [0.1, 0.15) is 50.7 Å². The molecule has 1 amide bonds. The molecular formula is C23H36IN5O. The standard InChI is InChI=1S/C23H35N5O.HI/c1-4-19(28-14-6-7-22(28)29)11-13-26-23(24-5-2)25-12-10-18-16-27-21-15-17(3)8-9-20(18)21;/h8-9,15-16,19,27H,4-7,10-14H2,1-3H3,(H2,24,25,26);1H. The van der Waals surface area contributed by atoms with E-state index < -0.39 is 0 Å². The summed E-state index contributed by atoms with van der Waals surface area (Å²) >= 11 is 0. The lowest BCUT2D eigenvalue weighted by Crippen LogP contribution is -2.39. The van der Waals surface area contributed by atoms with E-state index in [1.807, 2.05) is 0 Å². The third-order valence-electron chi connectivity index (χ3n) is 5.71. The first-order valence-electron chi connectivity index (χ1n) is 11.0. The van der Waals surface area contributed by atoms with Crippen LogP contribution in [0.4, 0.5) is 0 Å². The number of halogens is 1. The summed E-state index contributed by atoms with van der Waals surface area (Å²) in [4.78, 5) is 22.2. The van der Waals surface area contributed by atoms with Crippen molar-refractivity contribution >= 4 is 46.7 Å². The van der Waals surface area contributed by atoms with Crippen LogP contribution in [-0.2, 0) is 11.2 Å². The van der Waals surface area contributed by atoms with Crippen LogP contribution in [0.15, 0.2) is 29.4 Å². The zero-order valence-electron chi connectivity index (χ0n) is 18.5. The molecule has 6 nitrogen and oxygen atoms in total. The maximum absolute atomic E-state index is 12.0. The number of nitrogens with one attached hydrogen (secondary N) is 3. The van der Waals surface area contributed by atoms with Crippen LogP contribution in [0.5, 0.6) is 0 Å². The molecule has 0 spiro atoms. The van der Waals surface area contributed by atoms with Crippen LogP contribution in [0.3, 0.4) is 0 Å². The van der Waals surface area contributed by atoms with Gasteiger partial charge >= 0.3 is 0 Å². The summed E-state index contributed by atoms with van der Waals surface area (Å²) in [6, 6.07) is 6.85. The maximum atomic E-state index is 12.0. The minimum absolute atomic E-state index is 0. The molecule has 3 N–H and O–H groups in total. The van der Waals surface area contributed by atoms with Crippen molar-refractivity contribution in [3.8, 4) is 0 Å². The van der Waals surface area contributed by atoms with Gasteiger partial charge in [0.2, 0.25) is 5.91 Å². The maximum Gasteiger partial charge on any atom is 0.222 e. The molecule has 3 rings (SSSR count). The van der Waals surface area contributed by atoms with Gasteiger partial charge in [-0.3, -0.25) is 9.79 Å². The van der Waals surface area contributed by atoms with E-state index in [0.717, 1.165) is 57.8 Å². The van der Waals surface area contributed by atoms with Crippen molar-refractivity contribution < 1.29 is 4.79 Å². The fourth-order valence-electron chi connectivity index (χ4n) is 4.13. The number of hydrogen-bond donors (Lipinski definition) is 3. The second-order valence-electron chi connectivity index (χ2n) is 7.84. The van der Waals surface area contributed by atoms with Crippen LogP contribution in [0, 0.1) is 6.92 Å². The minimum Gasteiger partial charge on any atom is -0.361 e. The average molecular weight is 525 g/mol. The largest absolute Gasteiger partial charge is 0.361 e. The van der Waals surface area contributed by atoms with Gasteiger partial charge in [0.15, 0.2) is 5.96 Å². The van der Waals surface area contributed by atoms with Gasteiger partial charge in [0.1, 0.15) is 0 Å². The van der Waals surface area contributed by atoms with Crippen molar-refractivity contribution in [1.82, 2.24) is 20.5 Å². The van der Waals surface area contributed by atoms with Crippen LogP contribution >= 0.6 is 24.0 Å². The number of aryl methyl sites for hydroxylation is 1. The molecule has 0 aliphatic carbocycles. The normalized spacial score (nSPS) is 15.4. The summed E-state index contributed by atoms with van der Waals surface area (Å²) in [7, 11) is 0. The summed E-state index contributed by atoms with van der Waals surface area (Å²) in [5, 5.41) is 8.07. The summed E-state index contributed by atoms with van der Waals surface area (Å²) < 4.78 is 0. The molecule has 1 aromatic carbocycles.